The fourth-order valence-electron chi connectivity index (χ4n) is 1.97. The Kier molecular flexibility index (Phi) is 4.84. The van der Waals surface area contributed by atoms with Crippen molar-refractivity contribution in [3.05, 3.63) is 40.0 Å². The van der Waals surface area contributed by atoms with Crippen LogP contribution in [0, 0.1) is 5.92 Å². The number of nitrogens with zero attached hydrogens (tertiary/aromatic N) is 2. The van der Waals surface area contributed by atoms with Crippen LogP contribution in [0.4, 0.5) is 5.82 Å². The molecule has 5 heteroatoms. The summed E-state index contributed by atoms with van der Waals surface area (Å²) < 4.78 is 0. The Bertz CT molecular complexity index is 592. The van der Waals surface area contributed by atoms with Crippen molar-refractivity contribution in [2.24, 2.45) is 5.92 Å². The van der Waals surface area contributed by atoms with Gasteiger partial charge in [0.05, 0.1) is 15.6 Å². The van der Waals surface area contributed by atoms with Gasteiger partial charge in [-0.2, -0.15) is 0 Å². The van der Waals surface area contributed by atoms with Gasteiger partial charge in [-0.05, 0) is 24.5 Å². The highest BCUT2D eigenvalue weighted by Gasteiger charge is 2.13. The van der Waals surface area contributed by atoms with E-state index in [2.05, 4.69) is 29.1 Å². The number of hydrogen-bond acceptors (Lipinski definition) is 3. The van der Waals surface area contributed by atoms with Gasteiger partial charge in [-0.3, -0.25) is 0 Å². The van der Waals surface area contributed by atoms with Crippen LogP contribution in [0.3, 0.4) is 0 Å². The molecule has 1 heterocycles. The molecule has 2 aromatic rings. The lowest BCUT2D eigenvalue weighted by molar-refractivity contribution is 0.635. The standard InChI is InChI=1S/C15H17Cl2N3/c1-9(2)7-10-8-13(18-3)20-15(19-10)14-11(16)5-4-6-12(14)17/h4-6,8-9H,7H2,1-3H3,(H,18,19,20). The molecule has 0 unspecified atom stereocenters. The number of halogens is 2. The minimum Gasteiger partial charge on any atom is -0.373 e. The molecule has 0 saturated carbocycles. The first-order valence-corrected chi connectivity index (χ1v) is 7.27. The molecule has 0 atom stereocenters. The number of benzene rings is 1. The summed E-state index contributed by atoms with van der Waals surface area (Å²) in [6.45, 7) is 4.31. The summed E-state index contributed by atoms with van der Waals surface area (Å²) >= 11 is 12.5. The second kappa shape index (κ2) is 6.42. The van der Waals surface area contributed by atoms with E-state index >= 15 is 0 Å². The van der Waals surface area contributed by atoms with Crippen LogP contribution in [0.5, 0.6) is 0 Å². The molecule has 0 radical (unpaired) electrons. The van der Waals surface area contributed by atoms with E-state index in [9.17, 15) is 0 Å². The summed E-state index contributed by atoms with van der Waals surface area (Å²) in [6, 6.07) is 7.35. The molecule has 0 aliphatic carbocycles. The van der Waals surface area contributed by atoms with Gasteiger partial charge >= 0.3 is 0 Å². The first-order chi connectivity index (χ1) is 9.51. The maximum atomic E-state index is 6.23. The molecule has 0 aliphatic rings. The third kappa shape index (κ3) is 3.41. The lowest BCUT2D eigenvalue weighted by Gasteiger charge is -2.11. The van der Waals surface area contributed by atoms with Gasteiger partial charge in [0.25, 0.3) is 0 Å². The van der Waals surface area contributed by atoms with E-state index in [1.54, 1.807) is 12.1 Å². The Morgan fingerprint density at radius 2 is 1.80 bits per heavy atom. The third-order valence-corrected chi connectivity index (χ3v) is 3.47. The predicted octanol–water partition coefficient (Wildman–Crippen LogP) is 4.69. The smallest absolute Gasteiger partial charge is 0.164 e. The maximum Gasteiger partial charge on any atom is 0.164 e. The molecule has 0 aliphatic heterocycles. The highest BCUT2D eigenvalue weighted by Crippen LogP contribution is 2.33. The SMILES string of the molecule is CNc1cc(CC(C)C)nc(-c2c(Cl)cccc2Cl)n1. The number of rotatable bonds is 4. The molecule has 20 heavy (non-hydrogen) atoms. The second-order valence-corrected chi connectivity index (χ2v) is 5.83. The molecule has 0 amide bonds. The first kappa shape index (κ1) is 15.1. The zero-order chi connectivity index (χ0) is 14.7. The summed E-state index contributed by atoms with van der Waals surface area (Å²) in [4.78, 5) is 9.05. The molecule has 1 N–H and O–H groups in total. The van der Waals surface area contributed by atoms with Gasteiger partial charge in [0.1, 0.15) is 5.82 Å². The molecule has 2 rings (SSSR count). The minimum atomic E-state index is 0.518. The topological polar surface area (TPSA) is 37.8 Å². The number of aromatic nitrogens is 2. The van der Waals surface area contributed by atoms with Crippen LogP contribution in [-0.4, -0.2) is 17.0 Å². The molecule has 0 saturated heterocycles. The highest BCUT2D eigenvalue weighted by molar-refractivity contribution is 6.38. The van der Waals surface area contributed by atoms with E-state index in [0.29, 0.717) is 27.4 Å². The molecule has 0 fully saturated rings. The molecular formula is C15H17Cl2N3. The molecule has 0 bridgehead atoms. The monoisotopic (exact) mass is 309 g/mol. The van der Waals surface area contributed by atoms with Gasteiger partial charge in [-0.1, -0.05) is 43.1 Å². The van der Waals surface area contributed by atoms with E-state index < -0.39 is 0 Å². The van der Waals surface area contributed by atoms with Crippen molar-refractivity contribution in [2.45, 2.75) is 20.3 Å². The number of anilines is 1. The number of nitrogens with one attached hydrogen (secondary N) is 1. The van der Waals surface area contributed by atoms with Crippen LogP contribution in [0.1, 0.15) is 19.5 Å². The average molecular weight is 310 g/mol. The Balaban J connectivity index is 2.55. The van der Waals surface area contributed by atoms with Crippen molar-refractivity contribution >= 4 is 29.0 Å². The zero-order valence-electron chi connectivity index (χ0n) is 11.7. The predicted molar refractivity (Wildman–Crippen MR) is 85.6 cm³/mol. The molecule has 3 nitrogen and oxygen atoms in total. The first-order valence-electron chi connectivity index (χ1n) is 6.51. The maximum absolute atomic E-state index is 6.23. The van der Waals surface area contributed by atoms with Crippen LogP contribution in [-0.2, 0) is 6.42 Å². The summed E-state index contributed by atoms with van der Waals surface area (Å²) in [5.74, 6) is 1.84. The highest BCUT2D eigenvalue weighted by atomic mass is 35.5. The van der Waals surface area contributed by atoms with Crippen LogP contribution >= 0.6 is 23.2 Å². The van der Waals surface area contributed by atoms with Gasteiger partial charge in [0.15, 0.2) is 5.82 Å². The minimum absolute atomic E-state index is 0.518. The summed E-state index contributed by atoms with van der Waals surface area (Å²) in [5, 5.41) is 4.17. The summed E-state index contributed by atoms with van der Waals surface area (Å²) in [7, 11) is 1.83. The molecule has 0 spiro atoms. The lowest BCUT2D eigenvalue weighted by atomic mass is 10.1. The Hall–Kier alpha value is -1.32. The van der Waals surface area contributed by atoms with E-state index in [4.69, 9.17) is 23.2 Å². The van der Waals surface area contributed by atoms with E-state index in [0.717, 1.165) is 17.9 Å². The quantitative estimate of drug-likeness (QED) is 0.890. The largest absolute Gasteiger partial charge is 0.373 e. The molecular weight excluding hydrogens is 293 g/mol. The van der Waals surface area contributed by atoms with Crippen molar-refractivity contribution in [1.29, 1.82) is 0 Å². The van der Waals surface area contributed by atoms with Gasteiger partial charge in [-0.15, -0.1) is 0 Å². The van der Waals surface area contributed by atoms with Gasteiger partial charge < -0.3 is 5.32 Å². The van der Waals surface area contributed by atoms with Crippen molar-refractivity contribution in [3.8, 4) is 11.4 Å². The molecule has 1 aromatic heterocycles. The van der Waals surface area contributed by atoms with Crippen LogP contribution in [0.15, 0.2) is 24.3 Å². The Labute approximate surface area is 129 Å². The fraction of sp³-hybridized carbons (Fsp3) is 0.333. The second-order valence-electron chi connectivity index (χ2n) is 5.01. The van der Waals surface area contributed by atoms with Gasteiger partial charge in [-0.25, -0.2) is 9.97 Å². The van der Waals surface area contributed by atoms with Crippen molar-refractivity contribution in [1.82, 2.24) is 9.97 Å². The van der Waals surface area contributed by atoms with Gasteiger partial charge in [0.2, 0.25) is 0 Å². The van der Waals surface area contributed by atoms with Crippen molar-refractivity contribution < 1.29 is 0 Å². The van der Waals surface area contributed by atoms with E-state index in [-0.39, 0.29) is 0 Å². The van der Waals surface area contributed by atoms with E-state index in [1.807, 2.05) is 19.2 Å². The van der Waals surface area contributed by atoms with Crippen LogP contribution in [0.2, 0.25) is 10.0 Å². The fourth-order valence-corrected chi connectivity index (χ4v) is 2.54. The van der Waals surface area contributed by atoms with Crippen LogP contribution < -0.4 is 5.32 Å². The summed E-state index contributed by atoms with van der Waals surface area (Å²) in [5.41, 5.74) is 1.66. The third-order valence-electron chi connectivity index (χ3n) is 2.84. The van der Waals surface area contributed by atoms with Gasteiger partial charge in [0, 0.05) is 18.8 Å². The van der Waals surface area contributed by atoms with Crippen molar-refractivity contribution in [2.75, 3.05) is 12.4 Å². The summed E-state index contributed by atoms with van der Waals surface area (Å²) in [6.07, 6.45) is 0.881. The Morgan fingerprint density at radius 3 is 2.35 bits per heavy atom. The average Bonchev–Trinajstić information content (AvgIpc) is 2.37. The molecule has 1 aromatic carbocycles. The van der Waals surface area contributed by atoms with E-state index in [1.165, 1.54) is 0 Å². The molecule has 106 valence electrons. The number of hydrogen-bond donors (Lipinski definition) is 1. The van der Waals surface area contributed by atoms with Crippen molar-refractivity contribution in [3.63, 3.8) is 0 Å². The van der Waals surface area contributed by atoms with Crippen LogP contribution in [0.25, 0.3) is 11.4 Å². The lowest BCUT2D eigenvalue weighted by Crippen LogP contribution is -2.04. The normalized spacial score (nSPS) is 10.9. The zero-order valence-corrected chi connectivity index (χ0v) is 13.3. The Morgan fingerprint density at radius 1 is 1.15 bits per heavy atom.